The van der Waals surface area contributed by atoms with Crippen LogP contribution in [-0.4, -0.2) is 31.9 Å². The summed E-state index contributed by atoms with van der Waals surface area (Å²) < 4.78 is 1.91. The van der Waals surface area contributed by atoms with Crippen LogP contribution in [0.1, 0.15) is 10.5 Å². The summed E-state index contributed by atoms with van der Waals surface area (Å²) in [6.45, 7) is 0. The fourth-order valence-corrected chi connectivity index (χ4v) is 2.91. The zero-order chi connectivity index (χ0) is 14.3. The lowest BCUT2D eigenvalue weighted by Gasteiger charge is -2.05. The molecule has 0 radical (unpaired) electrons. The number of nitrogens with zero attached hydrogens (tertiary/aromatic N) is 2. The fourth-order valence-electron chi connectivity index (χ4n) is 2.38. The Kier molecular flexibility index (Phi) is 3.02. The van der Waals surface area contributed by atoms with Gasteiger partial charge in [0.2, 0.25) is 0 Å². The van der Waals surface area contributed by atoms with Crippen molar-refractivity contribution in [3.63, 3.8) is 0 Å². The Morgan fingerprint density at radius 1 is 1.40 bits per heavy atom. The first-order chi connectivity index (χ1) is 9.63. The van der Waals surface area contributed by atoms with Gasteiger partial charge in [-0.2, -0.15) is 0 Å². The van der Waals surface area contributed by atoms with Crippen molar-refractivity contribution in [2.45, 2.75) is 5.16 Å². The largest absolute Gasteiger partial charge is 0.477 e. The number of imidazole rings is 1. The van der Waals surface area contributed by atoms with Gasteiger partial charge in [0.15, 0.2) is 5.16 Å². The second-order valence-electron chi connectivity index (χ2n) is 4.41. The highest BCUT2D eigenvalue weighted by Gasteiger charge is 2.21. The normalized spacial score (nSPS) is 11.1. The monoisotopic (exact) mass is 287 g/mol. The summed E-state index contributed by atoms with van der Waals surface area (Å²) in [5.41, 5.74) is 2.49. The highest BCUT2D eigenvalue weighted by molar-refractivity contribution is 7.98. The van der Waals surface area contributed by atoms with Crippen molar-refractivity contribution in [1.29, 1.82) is 0 Å². The van der Waals surface area contributed by atoms with Gasteiger partial charge in [-0.1, -0.05) is 30.0 Å². The lowest BCUT2D eigenvalue weighted by atomic mass is 10.1. The molecule has 3 aromatic rings. The van der Waals surface area contributed by atoms with Crippen LogP contribution in [0.3, 0.4) is 0 Å². The zero-order valence-electron chi connectivity index (χ0n) is 11.0. The van der Waals surface area contributed by atoms with Crippen LogP contribution in [-0.2, 0) is 7.05 Å². The Labute approximate surface area is 119 Å². The molecule has 0 bridgehead atoms. The maximum Gasteiger partial charge on any atom is 0.353 e. The van der Waals surface area contributed by atoms with E-state index in [4.69, 9.17) is 0 Å². The summed E-state index contributed by atoms with van der Waals surface area (Å²) in [6.07, 6.45) is 3.66. The van der Waals surface area contributed by atoms with E-state index in [1.807, 2.05) is 42.1 Å². The molecule has 20 heavy (non-hydrogen) atoms. The molecule has 0 saturated carbocycles. The molecule has 0 saturated heterocycles. The van der Waals surface area contributed by atoms with Crippen LogP contribution in [0.5, 0.6) is 0 Å². The molecule has 2 aromatic heterocycles. The molecule has 0 unspecified atom stereocenters. The number of benzene rings is 1. The number of nitrogens with one attached hydrogen (secondary N) is 1. The van der Waals surface area contributed by atoms with Crippen LogP contribution in [0.4, 0.5) is 0 Å². The Morgan fingerprint density at radius 3 is 2.80 bits per heavy atom. The molecule has 0 aliphatic rings. The van der Waals surface area contributed by atoms with Crippen LogP contribution in [0.25, 0.3) is 22.2 Å². The molecule has 2 N–H and O–H groups in total. The molecule has 0 fully saturated rings. The molecule has 6 heteroatoms. The minimum absolute atomic E-state index is 0.196. The van der Waals surface area contributed by atoms with Crippen molar-refractivity contribution in [3.05, 3.63) is 36.2 Å². The van der Waals surface area contributed by atoms with Gasteiger partial charge in [-0.05, 0) is 12.3 Å². The molecule has 0 aliphatic heterocycles. The number of carboxylic acid groups (broad SMARTS) is 1. The van der Waals surface area contributed by atoms with Gasteiger partial charge >= 0.3 is 5.97 Å². The van der Waals surface area contributed by atoms with Gasteiger partial charge in [-0.25, -0.2) is 9.78 Å². The lowest BCUT2D eigenvalue weighted by molar-refractivity contribution is 0.0692. The van der Waals surface area contributed by atoms with Crippen molar-refractivity contribution in [2.75, 3.05) is 6.26 Å². The van der Waals surface area contributed by atoms with Crippen LogP contribution in [0.2, 0.25) is 0 Å². The number of aromatic carboxylic acids is 1. The van der Waals surface area contributed by atoms with Crippen molar-refractivity contribution in [3.8, 4) is 11.3 Å². The lowest BCUT2D eigenvalue weighted by Crippen LogP contribution is -2.01. The van der Waals surface area contributed by atoms with Crippen molar-refractivity contribution in [1.82, 2.24) is 14.5 Å². The predicted octanol–water partition coefficient (Wildman–Crippen LogP) is 2.99. The number of carbonyl (C=O) groups is 1. The number of aromatic nitrogens is 3. The van der Waals surface area contributed by atoms with Crippen LogP contribution >= 0.6 is 11.8 Å². The van der Waals surface area contributed by atoms with E-state index in [-0.39, 0.29) is 5.69 Å². The summed E-state index contributed by atoms with van der Waals surface area (Å²) in [5.74, 6) is -0.969. The second-order valence-corrected chi connectivity index (χ2v) is 5.19. The quantitative estimate of drug-likeness (QED) is 0.726. The maximum absolute atomic E-state index is 11.5. The number of para-hydroxylation sites is 1. The number of aromatic amines is 1. The van der Waals surface area contributed by atoms with E-state index in [0.717, 1.165) is 21.8 Å². The molecule has 0 atom stereocenters. The summed E-state index contributed by atoms with van der Waals surface area (Å²) in [4.78, 5) is 18.8. The van der Waals surface area contributed by atoms with E-state index in [1.165, 1.54) is 11.8 Å². The van der Waals surface area contributed by atoms with Crippen molar-refractivity contribution >= 4 is 28.6 Å². The average molecular weight is 287 g/mol. The standard InChI is InChI=1S/C14H13N3O2S/c1-17-10(7-15-14(17)20-2)11-8-5-3-4-6-9(8)16-12(11)13(18)19/h3-7,16H,1-2H3,(H,18,19). The molecule has 2 heterocycles. The zero-order valence-corrected chi connectivity index (χ0v) is 11.9. The highest BCUT2D eigenvalue weighted by atomic mass is 32.2. The average Bonchev–Trinajstić information content (AvgIpc) is 2.99. The number of H-pyrrole nitrogens is 1. The molecule has 0 spiro atoms. The number of rotatable bonds is 3. The van der Waals surface area contributed by atoms with E-state index in [0.29, 0.717) is 5.56 Å². The number of hydrogen-bond donors (Lipinski definition) is 2. The predicted molar refractivity (Wildman–Crippen MR) is 79.2 cm³/mol. The first-order valence-corrected chi connectivity index (χ1v) is 7.26. The smallest absolute Gasteiger partial charge is 0.353 e. The van der Waals surface area contributed by atoms with Crippen molar-refractivity contribution < 1.29 is 9.90 Å². The summed E-state index contributed by atoms with van der Waals surface area (Å²) in [7, 11) is 1.89. The summed E-state index contributed by atoms with van der Waals surface area (Å²) >= 11 is 1.53. The first-order valence-electron chi connectivity index (χ1n) is 6.03. The van der Waals surface area contributed by atoms with E-state index in [9.17, 15) is 9.90 Å². The number of fused-ring (bicyclic) bond motifs is 1. The third-order valence-electron chi connectivity index (χ3n) is 3.30. The minimum atomic E-state index is -0.969. The SMILES string of the molecule is CSc1ncc(-c2c(C(=O)O)[nH]c3ccccc23)n1C. The molecule has 0 aliphatic carbocycles. The molecule has 3 rings (SSSR count). The van der Waals surface area contributed by atoms with Crippen molar-refractivity contribution in [2.24, 2.45) is 7.05 Å². The molecule has 5 nitrogen and oxygen atoms in total. The van der Waals surface area contributed by atoms with E-state index < -0.39 is 5.97 Å². The van der Waals surface area contributed by atoms with E-state index >= 15 is 0 Å². The van der Waals surface area contributed by atoms with Gasteiger partial charge in [-0.3, -0.25) is 0 Å². The Balaban J connectivity index is 2.36. The topological polar surface area (TPSA) is 70.9 Å². The number of carboxylic acids is 1. The Morgan fingerprint density at radius 2 is 2.15 bits per heavy atom. The molecule has 1 aromatic carbocycles. The Hall–Kier alpha value is -2.21. The number of hydrogen-bond acceptors (Lipinski definition) is 3. The van der Waals surface area contributed by atoms with Crippen LogP contribution in [0, 0.1) is 0 Å². The fraction of sp³-hybridized carbons (Fsp3) is 0.143. The Bertz CT molecular complexity index is 804. The minimum Gasteiger partial charge on any atom is -0.477 e. The second kappa shape index (κ2) is 4.72. The van der Waals surface area contributed by atoms with Crippen LogP contribution in [0.15, 0.2) is 35.6 Å². The molecular formula is C14H13N3O2S. The first kappa shape index (κ1) is 12.8. The molecule has 0 amide bonds. The van der Waals surface area contributed by atoms with E-state index in [1.54, 1.807) is 6.20 Å². The molecular weight excluding hydrogens is 274 g/mol. The van der Waals surface area contributed by atoms with Gasteiger partial charge in [0, 0.05) is 23.5 Å². The summed E-state index contributed by atoms with van der Waals surface area (Å²) in [6, 6.07) is 7.57. The summed E-state index contributed by atoms with van der Waals surface area (Å²) in [5, 5.41) is 11.2. The van der Waals surface area contributed by atoms with Crippen LogP contribution < -0.4 is 0 Å². The van der Waals surface area contributed by atoms with Gasteiger partial charge < -0.3 is 14.7 Å². The maximum atomic E-state index is 11.5. The number of thioether (sulfide) groups is 1. The van der Waals surface area contributed by atoms with Gasteiger partial charge in [0.05, 0.1) is 11.9 Å². The van der Waals surface area contributed by atoms with Gasteiger partial charge in [0.25, 0.3) is 0 Å². The third-order valence-corrected chi connectivity index (χ3v) is 4.05. The third kappa shape index (κ3) is 1.80. The van der Waals surface area contributed by atoms with Gasteiger partial charge in [-0.15, -0.1) is 0 Å². The van der Waals surface area contributed by atoms with E-state index in [2.05, 4.69) is 9.97 Å². The highest BCUT2D eigenvalue weighted by Crippen LogP contribution is 2.33. The van der Waals surface area contributed by atoms with Gasteiger partial charge in [0.1, 0.15) is 5.69 Å². The molecule has 102 valence electrons.